The first kappa shape index (κ1) is 17.4. The third-order valence-electron chi connectivity index (χ3n) is 5.02. The molecule has 0 fully saturated rings. The molecular weight excluding hydrogens is 340 g/mol. The number of aryl methyl sites for hydroxylation is 3. The van der Waals surface area contributed by atoms with Crippen LogP contribution in [0.25, 0.3) is 11.0 Å². The molecule has 2 heterocycles. The van der Waals surface area contributed by atoms with E-state index in [4.69, 9.17) is 0 Å². The summed E-state index contributed by atoms with van der Waals surface area (Å²) in [5.74, 6) is -0.218. The Hall–Kier alpha value is -3.02. The molecule has 0 radical (unpaired) electrons. The fraction of sp³-hybridized carbons (Fsp3) is 0.333. The normalized spacial score (nSPS) is 13.4. The van der Waals surface area contributed by atoms with Gasteiger partial charge in [0.15, 0.2) is 5.65 Å². The van der Waals surface area contributed by atoms with E-state index in [0.29, 0.717) is 17.6 Å². The highest BCUT2D eigenvalue weighted by atomic mass is 16.2. The van der Waals surface area contributed by atoms with Gasteiger partial charge in [-0.3, -0.25) is 14.2 Å². The molecule has 138 valence electrons. The molecule has 0 atom stereocenters. The van der Waals surface area contributed by atoms with Crippen LogP contribution in [0.1, 0.15) is 35.2 Å². The van der Waals surface area contributed by atoms with Gasteiger partial charge in [-0.15, -0.1) is 0 Å². The molecule has 3 aromatic rings. The lowest BCUT2D eigenvalue weighted by Gasteiger charge is -2.15. The third kappa shape index (κ3) is 3.74. The van der Waals surface area contributed by atoms with Crippen LogP contribution in [0.3, 0.4) is 0 Å². The van der Waals surface area contributed by atoms with Crippen molar-refractivity contribution in [3.63, 3.8) is 0 Å². The van der Waals surface area contributed by atoms with Gasteiger partial charge in [-0.25, -0.2) is 9.97 Å². The second-order valence-electron chi connectivity index (χ2n) is 7.11. The maximum absolute atomic E-state index is 12.8. The van der Waals surface area contributed by atoms with E-state index in [9.17, 15) is 9.59 Å². The van der Waals surface area contributed by atoms with Crippen LogP contribution >= 0.6 is 0 Å². The van der Waals surface area contributed by atoms with Gasteiger partial charge in [-0.1, -0.05) is 29.8 Å². The number of nitrogens with one attached hydrogen (secondary N) is 1. The minimum Gasteiger partial charge on any atom is -0.350 e. The van der Waals surface area contributed by atoms with Crippen molar-refractivity contribution in [2.45, 2.75) is 45.7 Å². The van der Waals surface area contributed by atoms with Crippen LogP contribution < -0.4 is 10.9 Å². The average Bonchev–Trinajstić information content (AvgIpc) is 2.69. The highest BCUT2D eigenvalue weighted by molar-refractivity contribution is 5.77. The molecule has 0 spiro atoms. The van der Waals surface area contributed by atoms with Crippen molar-refractivity contribution in [1.29, 1.82) is 0 Å². The van der Waals surface area contributed by atoms with E-state index in [1.165, 1.54) is 16.5 Å². The Morgan fingerprint density at radius 2 is 1.96 bits per heavy atom. The molecule has 0 saturated carbocycles. The van der Waals surface area contributed by atoms with Crippen molar-refractivity contribution in [1.82, 2.24) is 19.9 Å². The Bertz CT molecular complexity index is 1050. The fourth-order valence-corrected chi connectivity index (χ4v) is 3.44. The van der Waals surface area contributed by atoms with Gasteiger partial charge in [0.1, 0.15) is 12.9 Å². The lowest BCUT2D eigenvalue weighted by molar-refractivity contribution is -0.121. The van der Waals surface area contributed by atoms with E-state index in [2.05, 4.69) is 15.3 Å². The summed E-state index contributed by atoms with van der Waals surface area (Å²) in [4.78, 5) is 33.9. The first-order valence-corrected chi connectivity index (χ1v) is 9.30. The number of nitrogens with zero attached hydrogens (tertiary/aromatic N) is 3. The van der Waals surface area contributed by atoms with E-state index in [-0.39, 0.29) is 18.0 Å². The second kappa shape index (κ2) is 7.31. The Morgan fingerprint density at radius 3 is 2.78 bits per heavy atom. The fourth-order valence-electron chi connectivity index (χ4n) is 3.44. The average molecular weight is 362 g/mol. The summed E-state index contributed by atoms with van der Waals surface area (Å²) in [5.41, 5.74) is 4.63. The molecule has 6 heteroatoms. The van der Waals surface area contributed by atoms with Crippen LogP contribution in [0.2, 0.25) is 0 Å². The van der Waals surface area contributed by atoms with E-state index < -0.39 is 0 Å². The zero-order chi connectivity index (χ0) is 18.8. The zero-order valence-electron chi connectivity index (χ0n) is 15.4. The van der Waals surface area contributed by atoms with Crippen LogP contribution in [0.5, 0.6) is 0 Å². The molecule has 0 unspecified atom stereocenters. The number of hydrogen-bond acceptors (Lipinski definition) is 4. The first-order chi connectivity index (χ1) is 13.1. The summed E-state index contributed by atoms with van der Waals surface area (Å²) < 4.78 is 1.35. The smallest absolute Gasteiger partial charge is 0.263 e. The molecule has 4 rings (SSSR count). The number of aromatic nitrogens is 3. The first-order valence-electron chi connectivity index (χ1n) is 9.30. The molecule has 27 heavy (non-hydrogen) atoms. The summed E-state index contributed by atoms with van der Waals surface area (Å²) in [7, 11) is 0. The topological polar surface area (TPSA) is 76.9 Å². The van der Waals surface area contributed by atoms with E-state index in [0.717, 1.165) is 42.5 Å². The highest BCUT2D eigenvalue weighted by Gasteiger charge is 2.15. The zero-order valence-corrected chi connectivity index (χ0v) is 15.4. The van der Waals surface area contributed by atoms with Crippen molar-refractivity contribution < 1.29 is 4.79 Å². The number of pyridine rings is 1. The molecule has 1 aliphatic rings. The second-order valence-corrected chi connectivity index (χ2v) is 7.11. The quantitative estimate of drug-likeness (QED) is 0.773. The van der Waals surface area contributed by atoms with Gasteiger partial charge in [-0.05, 0) is 49.8 Å². The summed E-state index contributed by atoms with van der Waals surface area (Å²) >= 11 is 0. The Labute approximate surface area is 157 Å². The molecule has 2 aromatic heterocycles. The maximum atomic E-state index is 12.8. The minimum atomic E-state index is -0.218. The number of amides is 1. The predicted octanol–water partition coefficient (Wildman–Crippen LogP) is 2.30. The van der Waals surface area contributed by atoms with Crippen molar-refractivity contribution in [2.24, 2.45) is 0 Å². The van der Waals surface area contributed by atoms with Crippen LogP contribution in [0, 0.1) is 6.92 Å². The van der Waals surface area contributed by atoms with Crippen LogP contribution in [-0.4, -0.2) is 20.4 Å². The Morgan fingerprint density at radius 1 is 1.19 bits per heavy atom. The summed E-state index contributed by atoms with van der Waals surface area (Å²) in [5, 5.41) is 3.34. The monoisotopic (exact) mass is 362 g/mol. The molecule has 1 aromatic carbocycles. The number of carbonyl (C=O) groups excluding carboxylic acids is 1. The van der Waals surface area contributed by atoms with E-state index >= 15 is 0 Å². The van der Waals surface area contributed by atoms with Gasteiger partial charge in [0, 0.05) is 12.2 Å². The van der Waals surface area contributed by atoms with Gasteiger partial charge in [0.2, 0.25) is 5.91 Å². The van der Waals surface area contributed by atoms with Crippen molar-refractivity contribution >= 4 is 16.9 Å². The molecule has 0 bridgehead atoms. The minimum absolute atomic E-state index is 0.0509. The Kier molecular flexibility index (Phi) is 4.71. The van der Waals surface area contributed by atoms with Crippen molar-refractivity contribution in [2.75, 3.05) is 0 Å². The molecule has 1 aliphatic carbocycles. The van der Waals surface area contributed by atoms with Gasteiger partial charge in [0.05, 0.1) is 5.39 Å². The van der Waals surface area contributed by atoms with E-state index in [1.54, 1.807) is 0 Å². The lowest BCUT2D eigenvalue weighted by atomic mass is 9.95. The Balaban J connectivity index is 1.51. The van der Waals surface area contributed by atoms with Crippen LogP contribution in [0.4, 0.5) is 0 Å². The number of hydrogen-bond donors (Lipinski definition) is 1. The standard InChI is InChI=1S/C21H22N4O2/c1-14-6-8-15(9-7-14)11-22-19(26)12-25-13-23-20-17(21(25)27)10-16-4-2-3-5-18(16)24-20/h6-10,13H,2-5,11-12H2,1H3,(H,22,26). The van der Waals surface area contributed by atoms with Crippen molar-refractivity contribution in [3.8, 4) is 0 Å². The molecule has 6 nitrogen and oxygen atoms in total. The number of fused-ring (bicyclic) bond motifs is 2. The van der Waals surface area contributed by atoms with Gasteiger partial charge in [0.25, 0.3) is 5.56 Å². The largest absolute Gasteiger partial charge is 0.350 e. The summed E-state index contributed by atoms with van der Waals surface area (Å²) in [6, 6.07) is 9.88. The summed E-state index contributed by atoms with van der Waals surface area (Å²) in [6.45, 7) is 2.40. The molecule has 1 N–H and O–H groups in total. The number of rotatable bonds is 4. The van der Waals surface area contributed by atoms with Crippen LogP contribution in [-0.2, 0) is 30.7 Å². The highest BCUT2D eigenvalue weighted by Crippen LogP contribution is 2.21. The number of carbonyl (C=O) groups is 1. The van der Waals surface area contributed by atoms with Crippen molar-refractivity contribution in [3.05, 3.63) is 69.4 Å². The molecular formula is C21H22N4O2. The molecule has 0 aliphatic heterocycles. The van der Waals surface area contributed by atoms with Crippen LogP contribution in [0.15, 0.2) is 41.5 Å². The van der Waals surface area contributed by atoms with Gasteiger partial charge < -0.3 is 5.32 Å². The van der Waals surface area contributed by atoms with Gasteiger partial charge in [-0.2, -0.15) is 0 Å². The lowest BCUT2D eigenvalue weighted by Crippen LogP contribution is -2.32. The molecule has 1 amide bonds. The number of benzene rings is 1. The summed E-state index contributed by atoms with van der Waals surface area (Å²) in [6.07, 6.45) is 5.55. The third-order valence-corrected chi connectivity index (χ3v) is 5.02. The SMILES string of the molecule is Cc1ccc(CNC(=O)Cn2cnc3nc4c(cc3c2=O)CCCC4)cc1. The maximum Gasteiger partial charge on any atom is 0.263 e. The molecule has 0 saturated heterocycles. The van der Waals surface area contributed by atoms with E-state index in [1.807, 2.05) is 37.3 Å². The predicted molar refractivity (Wildman–Crippen MR) is 103 cm³/mol. The van der Waals surface area contributed by atoms with Gasteiger partial charge >= 0.3 is 0 Å².